The Morgan fingerprint density at radius 2 is 1.83 bits per heavy atom. The maximum absolute atomic E-state index is 13.6. The van der Waals surface area contributed by atoms with Crippen molar-refractivity contribution in [3.05, 3.63) is 65.2 Å². The van der Waals surface area contributed by atoms with Crippen LogP contribution in [0.5, 0.6) is 0 Å². The Morgan fingerprint density at radius 1 is 1.11 bits per heavy atom. The van der Waals surface area contributed by atoms with Crippen LogP contribution in [0, 0.1) is 6.92 Å². The van der Waals surface area contributed by atoms with Crippen molar-refractivity contribution in [2.45, 2.75) is 69.5 Å². The van der Waals surface area contributed by atoms with Crippen LogP contribution < -0.4 is 5.32 Å². The highest BCUT2D eigenvalue weighted by molar-refractivity contribution is 7.90. The number of sulfonamides is 1. The van der Waals surface area contributed by atoms with Gasteiger partial charge in [-0.15, -0.1) is 0 Å². The van der Waals surface area contributed by atoms with Gasteiger partial charge in [0.1, 0.15) is 17.5 Å². The molecule has 9 heteroatoms. The zero-order valence-corrected chi connectivity index (χ0v) is 20.9. The quantitative estimate of drug-likeness (QED) is 0.604. The smallest absolute Gasteiger partial charge is 0.269 e. The highest BCUT2D eigenvalue weighted by Crippen LogP contribution is 2.30. The second-order valence-electron chi connectivity index (χ2n) is 9.24. The minimum atomic E-state index is -4.14. The third-order valence-electron chi connectivity index (χ3n) is 6.71. The average Bonchev–Trinajstić information content (AvgIpc) is 3.40. The second kappa shape index (κ2) is 10.2. The minimum absolute atomic E-state index is 0.0524. The van der Waals surface area contributed by atoms with E-state index in [1.54, 1.807) is 12.1 Å². The molecule has 0 spiro atoms. The molecule has 2 aromatic rings. The number of nitrogens with one attached hydrogen (secondary N) is 1. The third-order valence-corrected chi connectivity index (χ3v) is 8.50. The number of aryl methyl sites for hydroxylation is 1. The summed E-state index contributed by atoms with van der Waals surface area (Å²) in [5, 5.41) is 3.06. The van der Waals surface area contributed by atoms with Crippen molar-refractivity contribution in [2.75, 3.05) is 6.54 Å². The van der Waals surface area contributed by atoms with E-state index in [9.17, 15) is 22.8 Å². The van der Waals surface area contributed by atoms with Gasteiger partial charge in [0.15, 0.2) is 0 Å². The molecule has 2 aromatic carbocycles. The first-order valence-corrected chi connectivity index (χ1v) is 13.5. The van der Waals surface area contributed by atoms with Crippen molar-refractivity contribution >= 4 is 27.7 Å². The Bertz CT molecular complexity index is 1240. The molecule has 2 aliphatic rings. The summed E-state index contributed by atoms with van der Waals surface area (Å²) in [6, 6.07) is 12.8. The van der Waals surface area contributed by atoms with E-state index in [1.165, 1.54) is 17.0 Å². The van der Waals surface area contributed by atoms with Crippen LogP contribution in [0.2, 0.25) is 0 Å². The SMILES string of the molecule is CC[C@H](C(=O)NC1CCCC1)N(Cc1cccc(C)c1)C(=O)CN1C(=O)c2ccccc2S1(=O)=O. The Morgan fingerprint density at radius 3 is 2.49 bits per heavy atom. The topological polar surface area (TPSA) is 104 Å². The molecule has 1 atom stereocenters. The fourth-order valence-corrected chi connectivity index (χ4v) is 6.41. The Hall–Kier alpha value is -3.20. The van der Waals surface area contributed by atoms with Crippen LogP contribution in [0.1, 0.15) is 60.5 Å². The minimum Gasteiger partial charge on any atom is -0.352 e. The predicted octanol–water partition coefficient (Wildman–Crippen LogP) is 3.01. The normalized spacial score (nSPS) is 17.8. The zero-order chi connectivity index (χ0) is 25.2. The summed E-state index contributed by atoms with van der Waals surface area (Å²) in [5.74, 6) is -1.57. The molecule has 4 rings (SSSR count). The number of carbonyl (C=O) groups excluding carboxylic acids is 3. The lowest BCUT2D eigenvalue weighted by Crippen LogP contribution is -2.53. The first-order chi connectivity index (χ1) is 16.7. The number of amides is 3. The molecule has 8 nitrogen and oxygen atoms in total. The molecule has 0 radical (unpaired) electrons. The van der Waals surface area contributed by atoms with Crippen molar-refractivity contribution in [3.63, 3.8) is 0 Å². The largest absolute Gasteiger partial charge is 0.352 e. The number of nitrogens with zero attached hydrogens (tertiary/aromatic N) is 2. The summed E-state index contributed by atoms with van der Waals surface area (Å²) in [4.78, 5) is 41.0. The average molecular weight is 498 g/mol. The molecule has 0 unspecified atom stereocenters. The molecule has 1 N–H and O–H groups in total. The first kappa shape index (κ1) is 24.9. The number of fused-ring (bicyclic) bond motifs is 1. The molecular weight excluding hydrogens is 466 g/mol. The number of hydrogen-bond donors (Lipinski definition) is 1. The Balaban J connectivity index is 1.61. The maximum atomic E-state index is 13.6. The predicted molar refractivity (Wildman–Crippen MR) is 131 cm³/mol. The van der Waals surface area contributed by atoms with E-state index in [0.717, 1.165) is 36.8 Å². The van der Waals surface area contributed by atoms with Crippen LogP contribution in [0.3, 0.4) is 0 Å². The highest BCUT2D eigenvalue weighted by Gasteiger charge is 2.43. The van der Waals surface area contributed by atoms with Crippen molar-refractivity contribution in [2.24, 2.45) is 0 Å². The van der Waals surface area contributed by atoms with Crippen LogP contribution in [0.15, 0.2) is 53.4 Å². The van der Waals surface area contributed by atoms with Crippen molar-refractivity contribution in [1.82, 2.24) is 14.5 Å². The summed E-state index contributed by atoms with van der Waals surface area (Å²) in [6.45, 7) is 3.23. The highest BCUT2D eigenvalue weighted by atomic mass is 32.2. The molecule has 1 fully saturated rings. The van der Waals surface area contributed by atoms with Gasteiger partial charge in [0.05, 0.1) is 5.56 Å². The van der Waals surface area contributed by atoms with Gasteiger partial charge in [-0.1, -0.05) is 61.7 Å². The van der Waals surface area contributed by atoms with Crippen LogP contribution in [0.4, 0.5) is 0 Å². The fraction of sp³-hybridized carbons (Fsp3) is 0.423. The van der Waals surface area contributed by atoms with Crippen molar-refractivity contribution in [1.29, 1.82) is 0 Å². The number of rotatable bonds is 8. The summed E-state index contributed by atoms with van der Waals surface area (Å²) >= 11 is 0. The van der Waals surface area contributed by atoms with Crippen LogP contribution in [-0.4, -0.2) is 54.0 Å². The van der Waals surface area contributed by atoms with Gasteiger partial charge in [0, 0.05) is 12.6 Å². The van der Waals surface area contributed by atoms with Gasteiger partial charge in [-0.05, 0) is 43.9 Å². The van der Waals surface area contributed by atoms with E-state index in [-0.39, 0.29) is 29.0 Å². The number of hydrogen-bond acceptors (Lipinski definition) is 5. The standard InChI is InChI=1S/C26H31N3O5S/c1-3-22(25(31)27-20-11-4-5-12-20)28(16-19-10-8-9-18(2)15-19)24(30)17-29-26(32)21-13-6-7-14-23(21)35(29,33)34/h6-10,13-15,20,22H,3-5,11-12,16-17H2,1-2H3,(H,27,31)/t22-/m1/s1. The van der Waals surface area contributed by atoms with Crippen LogP contribution in [0.25, 0.3) is 0 Å². The Kier molecular flexibility index (Phi) is 7.25. The lowest BCUT2D eigenvalue weighted by atomic mass is 10.1. The van der Waals surface area contributed by atoms with Crippen molar-refractivity contribution < 1.29 is 22.8 Å². The van der Waals surface area contributed by atoms with E-state index in [4.69, 9.17) is 0 Å². The monoisotopic (exact) mass is 497 g/mol. The fourth-order valence-electron chi connectivity index (χ4n) is 4.90. The Labute approximate surface area is 206 Å². The molecule has 1 saturated carbocycles. The molecule has 0 aromatic heterocycles. The molecular formula is C26H31N3O5S. The van der Waals surface area contributed by atoms with Gasteiger partial charge >= 0.3 is 0 Å². The lowest BCUT2D eigenvalue weighted by molar-refractivity contribution is -0.141. The molecule has 1 heterocycles. The molecule has 186 valence electrons. The van der Waals surface area contributed by atoms with Crippen molar-refractivity contribution in [3.8, 4) is 0 Å². The molecule has 1 aliphatic heterocycles. The molecule has 0 saturated heterocycles. The van der Waals surface area contributed by atoms with E-state index in [2.05, 4.69) is 5.32 Å². The molecule has 3 amide bonds. The summed E-state index contributed by atoms with van der Waals surface area (Å²) in [7, 11) is -4.14. The number of benzene rings is 2. The van der Waals surface area contributed by atoms with Gasteiger partial charge in [0.25, 0.3) is 15.9 Å². The molecule has 0 bridgehead atoms. The zero-order valence-electron chi connectivity index (χ0n) is 20.1. The van der Waals surface area contributed by atoms with E-state index in [1.807, 2.05) is 38.1 Å². The molecule has 35 heavy (non-hydrogen) atoms. The summed E-state index contributed by atoms with van der Waals surface area (Å²) < 4.78 is 26.6. The van der Waals surface area contributed by atoms with Gasteiger partial charge in [-0.25, -0.2) is 12.7 Å². The lowest BCUT2D eigenvalue weighted by Gasteiger charge is -2.32. The first-order valence-electron chi connectivity index (χ1n) is 12.0. The second-order valence-corrected chi connectivity index (χ2v) is 11.1. The maximum Gasteiger partial charge on any atom is 0.269 e. The number of carbonyl (C=O) groups is 3. The summed E-state index contributed by atoms with van der Waals surface area (Å²) in [5.41, 5.74) is 1.88. The van der Waals surface area contributed by atoms with Gasteiger partial charge < -0.3 is 10.2 Å². The van der Waals surface area contributed by atoms with Crippen LogP contribution in [-0.2, 0) is 26.2 Å². The summed E-state index contributed by atoms with van der Waals surface area (Å²) in [6.07, 6.45) is 4.29. The van der Waals surface area contributed by atoms with E-state index < -0.39 is 34.4 Å². The van der Waals surface area contributed by atoms with Gasteiger partial charge in [-0.3, -0.25) is 14.4 Å². The molecule has 1 aliphatic carbocycles. The van der Waals surface area contributed by atoms with Crippen LogP contribution >= 0.6 is 0 Å². The van der Waals surface area contributed by atoms with E-state index >= 15 is 0 Å². The third kappa shape index (κ3) is 5.10. The van der Waals surface area contributed by atoms with Gasteiger partial charge in [-0.2, -0.15) is 0 Å². The van der Waals surface area contributed by atoms with E-state index in [0.29, 0.717) is 10.7 Å². The van der Waals surface area contributed by atoms with Gasteiger partial charge in [0.2, 0.25) is 11.8 Å².